The maximum atomic E-state index is 12.9. The molecule has 1 aromatic heterocycles. The lowest BCUT2D eigenvalue weighted by molar-refractivity contribution is 0.183. The number of likely N-dealkylation sites (tertiary alicyclic amines) is 1. The van der Waals surface area contributed by atoms with Crippen molar-refractivity contribution in [2.24, 2.45) is 0 Å². The molecule has 6 nitrogen and oxygen atoms in total. The molecule has 222 valence electrons. The molecule has 1 fully saturated rings. The van der Waals surface area contributed by atoms with Crippen molar-refractivity contribution in [1.29, 1.82) is 0 Å². The highest BCUT2D eigenvalue weighted by Crippen LogP contribution is 2.43. The fraction of sp³-hybridized carbons (Fsp3) is 0.257. The molecule has 43 heavy (non-hydrogen) atoms. The topological polar surface area (TPSA) is 65.1 Å². The van der Waals surface area contributed by atoms with Gasteiger partial charge in [0.05, 0.1) is 0 Å². The number of hydrogen-bond acceptors (Lipinski definition) is 7. The molecule has 8 heteroatoms. The number of nitrogens with zero attached hydrogens (tertiary/aromatic N) is 1. The average Bonchev–Trinajstić information content (AvgIpc) is 3.44. The van der Waals surface area contributed by atoms with Gasteiger partial charge in [-0.25, -0.2) is 0 Å². The Balaban J connectivity index is 1.25. The third-order valence-corrected chi connectivity index (χ3v) is 9.93. The summed E-state index contributed by atoms with van der Waals surface area (Å²) in [5.41, 5.74) is 1.94. The summed E-state index contributed by atoms with van der Waals surface area (Å²) in [4.78, 5) is 4.88. The van der Waals surface area contributed by atoms with Gasteiger partial charge in [-0.3, -0.25) is 4.90 Å². The molecule has 0 atom stereocenters. The predicted octanol–water partition coefficient (Wildman–Crippen LogP) is 8.61. The highest BCUT2D eigenvalue weighted by molar-refractivity contribution is 7.87. The summed E-state index contributed by atoms with van der Waals surface area (Å²) in [5, 5.41) is 1.66. The fourth-order valence-electron chi connectivity index (χ4n) is 5.29. The van der Waals surface area contributed by atoms with Gasteiger partial charge in [-0.05, 0) is 118 Å². The molecule has 0 aliphatic carbocycles. The first kappa shape index (κ1) is 29.2. The zero-order valence-corrected chi connectivity index (χ0v) is 26.0. The fourth-order valence-corrected chi connectivity index (χ4v) is 7.10. The number of rotatable bonds is 10. The quantitative estimate of drug-likeness (QED) is 0.147. The van der Waals surface area contributed by atoms with E-state index in [-0.39, 0.29) is 10.6 Å². The van der Waals surface area contributed by atoms with E-state index in [1.807, 2.05) is 49.4 Å². The van der Waals surface area contributed by atoms with Gasteiger partial charge in [0.1, 0.15) is 34.5 Å². The number of ether oxygens (including phenoxy) is 2. The summed E-state index contributed by atoms with van der Waals surface area (Å²) < 4.78 is 43.9. The van der Waals surface area contributed by atoms with Crippen LogP contribution in [0.2, 0.25) is 0 Å². The lowest BCUT2D eigenvalue weighted by Crippen LogP contribution is -2.33. The van der Waals surface area contributed by atoms with Gasteiger partial charge in [-0.1, -0.05) is 30.2 Å². The molecule has 5 aromatic rings. The van der Waals surface area contributed by atoms with Crippen molar-refractivity contribution < 1.29 is 22.1 Å². The summed E-state index contributed by atoms with van der Waals surface area (Å²) in [6.07, 6.45) is 3.87. The maximum Gasteiger partial charge on any atom is 0.339 e. The van der Waals surface area contributed by atoms with Crippen LogP contribution in [0.3, 0.4) is 0 Å². The van der Waals surface area contributed by atoms with E-state index in [1.165, 1.54) is 24.1 Å². The van der Waals surface area contributed by atoms with Gasteiger partial charge in [0.25, 0.3) is 0 Å². The summed E-state index contributed by atoms with van der Waals surface area (Å²) >= 11 is 1.70. The van der Waals surface area contributed by atoms with Crippen LogP contribution in [0.15, 0.2) is 95.9 Å². The van der Waals surface area contributed by atoms with Gasteiger partial charge in [0, 0.05) is 27.2 Å². The van der Waals surface area contributed by atoms with E-state index in [1.54, 1.807) is 47.7 Å². The van der Waals surface area contributed by atoms with Crippen LogP contribution in [0, 0.1) is 13.8 Å². The Hall–Kier alpha value is -3.85. The van der Waals surface area contributed by atoms with E-state index in [4.69, 9.17) is 13.7 Å². The van der Waals surface area contributed by atoms with E-state index in [9.17, 15) is 8.42 Å². The summed E-state index contributed by atoms with van der Waals surface area (Å²) in [6, 6.07) is 27.8. The van der Waals surface area contributed by atoms with Crippen LogP contribution in [-0.2, 0) is 10.1 Å². The summed E-state index contributed by atoms with van der Waals surface area (Å²) in [7, 11) is -3.97. The van der Waals surface area contributed by atoms with Gasteiger partial charge in [-0.2, -0.15) is 8.42 Å². The van der Waals surface area contributed by atoms with Gasteiger partial charge in [0.15, 0.2) is 0 Å². The molecule has 1 saturated heterocycles. The zero-order chi connectivity index (χ0) is 29.8. The van der Waals surface area contributed by atoms with Crippen molar-refractivity contribution in [3.63, 3.8) is 0 Å². The van der Waals surface area contributed by atoms with E-state index >= 15 is 0 Å². The minimum absolute atomic E-state index is 0.115. The number of piperidine rings is 1. The normalized spacial score (nSPS) is 14.1. The summed E-state index contributed by atoms with van der Waals surface area (Å²) in [5.74, 6) is 2.44. The first-order chi connectivity index (χ1) is 20.8. The second kappa shape index (κ2) is 12.8. The first-order valence-electron chi connectivity index (χ1n) is 14.6. The van der Waals surface area contributed by atoms with E-state index < -0.39 is 10.1 Å². The Bertz CT molecular complexity index is 1810. The van der Waals surface area contributed by atoms with Crippen LogP contribution >= 0.6 is 11.3 Å². The van der Waals surface area contributed by atoms with Crippen LogP contribution in [-0.4, -0.2) is 39.6 Å². The SMILES string of the molecule is Cc1ccc(S(=O)(=O)Oc2ccc3c(Oc4ccc(OCCN5CCCCC5)cc4)c(-c4ccc(C)s4)ccc3c2)cc1. The molecule has 0 saturated carbocycles. The third kappa shape index (κ3) is 7.04. The van der Waals surface area contributed by atoms with Crippen molar-refractivity contribution >= 4 is 32.2 Å². The van der Waals surface area contributed by atoms with Gasteiger partial charge in [-0.15, -0.1) is 11.3 Å². The molecule has 0 spiro atoms. The number of benzene rings is 4. The largest absolute Gasteiger partial charge is 0.492 e. The minimum atomic E-state index is -3.97. The molecule has 0 amide bonds. The molecule has 1 aliphatic rings. The highest BCUT2D eigenvalue weighted by Gasteiger charge is 2.19. The van der Waals surface area contributed by atoms with E-state index in [0.717, 1.165) is 52.2 Å². The second-order valence-electron chi connectivity index (χ2n) is 10.9. The minimum Gasteiger partial charge on any atom is -0.492 e. The number of thiophene rings is 1. The molecule has 1 aliphatic heterocycles. The molecular weight excluding hydrogens is 579 g/mol. The molecule has 4 aromatic carbocycles. The molecule has 0 N–H and O–H groups in total. The number of fused-ring (bicyclic) bond motifs is 1. The average molecular weight is 614 g/mol. The Morgan fingerprint density at radius 2 is 1.49 bits per heavy atom. The van der Waals surface area contributed by atoms with Crippen LogP contribution in [0.25, 0.3) is 21.2 Å². The highest BCUT2D eigenvalue weighted by atomic mass is 32.2. The molecule has 0 unspecified atom stereocenters. The molecule has 0 radical (unpaired) electrons. The molecule has 2 heterocycles. The lowest BCUT2D eigenvalue weighted by atomic mass is 10.0. The van der Waals surface area contributed by atoms with Crippen molar-refractivity contribution in [3.8, 4) is 33.4 Å². The van der Waals surface area contributed by atoms with Gasteiger partial charge in [0.2, 0.25) is 0 Å². The van der Waals surface area contributed by atoms with Gasteiger partial charge < -0.3 is 13.7 Å². The number of hydrogen-bond donors (Lipinski definition) is 0. The predicted molar refractivity (Wildman–Crippen MR) is 173 cm³/mol. The Labute approximate surface area is 257 Å². The van der Waals surface area contributed by atoms with E-state index in [2.05, 4.69) is 24.0 Å². The van der Waals surface area contributed by atoms with E-state index in [0.29, 0.717) is 18.1 Å². The van der Waals surface area contributed by atoms with Crippen molar-refractivity contribution in [2.45, 2.75) is 38.0 Å². The maximum absolute atomic E-state index is 12.9. The standard InChI is InChI=1S/C35H35NO5S2/c1-25-6-15-31(16-7-25)43(37,38)41-30-14-18-32-27(24-30)9-17-33(34-19-8-26(2)42-34)35(32)40-29-12-10-28(11-13-29)39-23-22-36-20-4-3-5-21-36/h6-19,24H,3-5,20-23H2,1-2H3. The zero-order valence-electron chi connectivity index (χ0n) is 24.4. The van der Waals surface area contributed by atoms with Crippen molar-refractivity contribution in [2.75, 3.05) is 26.2 Å². The van der Waals surface area contributed by atoms with Crippen molar-refractivity contribution in [1.82, 2.24) is 4.90 Å². The first-order valence-corrected chi connectivity index (χ1v) is 16.8. The second-order valence-corrected chi connectivity index (χ2v) is 13.7. The summed E-state index contributed by atoms with van der Waals surface area (Å²) in [6.45, 7) is 7.90. The van der Waals surface area contributed by atoms with Crippen LogP contribution in [0.5, 0.6) is 23.0 Å². The third-order valence-electron chi connectivity index (χ3n) is 7.63. The van der Waals surface area contributed by atoms with Crippen LogP contribution in [0.1, 0.15) is 29.7 Å². The molecular formula is C35H35NO5S2. The Morgan fingerprint density at radius 3 is 2.21 bits per heavy atom. The monoisotopic (exact) mass is 613 g/mol. The smallest absolute Gasteiger partial charge is 0.339 e. The van der Waals surface area contributed by atoms with Crippen LogP contribution in [0.4, 0.5) is 0 Å². The lowest BCUT2D eigenvalue weighted by Gasteiger charge is -2.26. The Morgan fingerprint density at radius 1 is 0.767 bits per heavy atom. The Kier molecular flexibility index (Phi) is 8.70. The van der Waals surface area contributed by atoms with Gasteiger partial charge >= 0.3 is 10.1 Å². The molecule has 6 rings (SSSR count). The number of aryl methyl sites for hydroxylation is 2. The van der Waals surface area contributed by atoms with Crippen molar-refractivity contribution in [3.05, 3.63) is 101 Å². The molecule has 0 bridgehead atoms. The van der Waals surface area contributed by atoms with Crippen LogP contribution < -0.4 is 13.7 Å².